The van der Waals surface area contributed by atoms with Gasteiger partial charge in [0.05, 0.1) is 32.8 Å². The highest BCUT2D eigenvalue weighted by Crippen LogP contribution is 2.49. The summed E-state index contributed by atoms with van der Waals surface area (Å²) < 4.78 is 35.9. The van der Waals surface area contributed by atoms with Gasteiger partial charge in [-0.2, -0.15) is 0 Å². The number of hydrogen-bond acceptors (Lipinski definition) is 10. The second-order valence-electron chi connectivity index (χ2n) is 19.0. The van der Waals surface area contributed by atoms with Crippen molar-refractivity contribution in [2.75, 3.05) is 39.5 Å². The first-order chi connectivity index (χ1) is 34.5. The van der Waals surface area contributed by atoms with Gasteiger partial charge in [-0.15, -0.1) is 6.58 Å². The highest BCUT2D eigenvalue weighted by Gasteiger charge is 2.32. The van der Waals surface area contributed by atoms with Gasteiger partial charge < -0.3 is 31.0 Å². The first-order valence-electron chi connectivity index (χ1n) is 27.5. The average molecular weight is 1020 g/mol. The third kappa shape index (κ3) is 29.9. The van der Waals surface area contributed by atoms with Crippen LogP contribution >= 0.6 is 7.82 Å². The molecule has 1 aromatic carbocycles. The predicted molar refractivity (Wildman–Crippen MR) is 285 cm³/mol. The molecule has 0 radical (unpaired) electrons. The van der Waals surface area contributed by atoms with Crippen molar-refractivity contribution in [1.29, 1.82) is 0 Å². The second kappa shape index (κ2) is 40.4. The Balaban J connectivity index is 1.88. The maximum absolute atomic E-state index is 13.9. The molecule has 71 heavy (non-hydrogen) atoms. The number of phosphoric ester groups is 1. The van der Waals surface area contributed by atoms with Crippen molar-refractivity contribution in [3.63, 3.8) is 0 Å². The number of amides is 4. The molecule has 0 aliphatic rings. The van der Waals surface area contributed by atoms with Crippen molar-refractivity contribution in [3.8, 4) is 0 Å². The quantitative estimate of drug-likeness (QED) is 0.0184. The molecule has 0 bridgehead atoms. The maximum Gasteiger partial charge on any atom is 0.475 e. The third-order valence-electron chi connectivity index (χ3n) is 12.8. The molecule has 2 unspecified atom stereocenters. The van der Waals surface area contributed by atoms with E-state index < -0.39 is 38.3 Å². The number of benzene rings is 1. The molecule has 0 saturated carbocycles. The summed E-state index contributed by atoms with van der Waals surface area (Å²) in [5.74, 6) is -2.12. The Kier molecular flexibility index (Phi) is 35.9. The standard InChI is InChI=1S/C55H94N5O10P/c1-6-10-12-14-16-18-19-20-21-23-25-27-29-36-52(63)67-40-32-37-56-54(64)49(59-50(61)35-28-26-24-22-17-15-13-11-7-2)44-70-71(66,68-39-8-3)69-41-38-57-55(65)53(45(5)9-4)60-51(62)42-46-43-58-48-34-31-30-33-47(46)48/h8,30-31,33-34,43,45,49,53,58H,3,6-7,9-29,32,35-42,44H2,1-2,4-5H3,(H,56,64)(H,57,65)(H,59,61)(H,60,62)/t45-,49?,53-,71?/m0/s1. The Bertz CT molecular complexity index is 1820. The van der Waals surface area contributed by atoms with Gasteiger partial charge in [0.1, 0.15) is 12.1 Å². The number of phosphoric acid groups is 1. The predicted octanol–water partition coefficient (Wildman–Crippen LogP) is 11.6. The summed E-state index contributed by atoms with van der Waals surface area (Å²) in [5.41, 5.74) is 1.73. The highest BCUT2D eigenvalue weighted by atomic mass is 31.2. The molecule has 4 amide bonds. The van der Waals surface area contributed by atoms with Crippen molar-refractivity contribution in [2.45, 2.75) is 213 Å². The number of para-hydroxylation sites is 1. The van der Waals surface area contributed by atoms with E-state index in [9.17, 15) is 28.5 Å². The number of hydrogen-bond donors (Lipinski definition) is 5. The number of aromatic nitrogens is 1. The third-order valence-corrected chi connectivity index (χ3v) is 14.2. The van der Waals surface area contributed by atoms with Crippen LogP contribution in [0.15, 0.2) is 43.1 Å². The lowest BCUT2D eigenvalue weighted by Gasteiger charge is -2.24. The molecule has 0 aliphatic heterocycles. The molecule has 15 nitrogen and oxygen atoms in total. The first kappa shape index (κ1) is 63.1. The Morgan fingerprint density at radius 2 is 1.21 bits per heavy atom. The topological polar surface area (TPSA) is 203 Å². The normalized spacial score (nSPS) is 13.5. The second-order valence-corrected chi connectivity index (χ2v) is 20.6. The van der Waals surface area contributed by atoms with Crippen LogP contribution in [-0.4, -0.2) is 86.2 Å². The summed E-state index contributed by atoms with van der Waals surface area (Å²) in [5, 5.41) is 12.1. The van der Waals surface area contributed by atoms with Gasteiger partial charge >= 0.3 is 13.8 Å². The van der Waals surface area contributed by atoms with Gasteiger partial charge in [-0.25, -0.2) is 4.57 Å². The van der Waals surface area contributed by atoms with E-state index in [4.69, 9.17) is 18.3 Å². The Hall–Kier alpha value is -4.04. The lowest BCUT2D eigenvalue weighted by molar-refractivity contribution is -0.143. The lowest BCUT2D eigenvalue weighted by Crippen LogP contribution is -2.51. The van der Waals surface area contributed by atoms with E-state index in [2.05, 4.69) is 46.7 Å². The monoisotopic (exact) mass is 1020 g/mol. The van der Waals surface area contributed by atoms with Gasteiger partial charge in [0.2, 0.25) is 23.6 Å². The van der Waals surface area contributed by atoms with Crippen molar-refractivity contribution in [1.82, 2.24) is 26.3 Å². The van der Waals surface area contributed by atoms with Crippen molar-refractivity contribution >= 4 is 48.3 Å². The van der Waals surface area contributed by atoms with Crippen LogP contribution in [0.1, 0.15) is 200 Å². The molecule has 0 aliphatic carbocycles. The first-order valence-corrected chi connectivity index (χ1v) is 28.9. The Morgan fingerprint density at radius 3 is 1.80 bits per heavy atom. The van der Waals surface area contributed by atoms with Gasteiger partial charge in [0.25, 0.3) is 0 Å². The van der Waals surface area contributed by atoms with Gasteiger partial charge in [-0.3, -0.25) is 37.5 Å². The van der Waals surface area contributed by atoms with Crippen molar-refractivity contribution in [3.05, 3.63) is 48.7 Å². The van der Waals surface area contributed by atoms with E-state index in [1.165, 1.54) is 102 Å². The van der Waals surface area contributed by atoms with Crippen molar-refractivity contribution < 1.29 is 46.8 Å². The summed E-state index contributed by atoms with van der Waals surface area (Å²) in [6.45, 7) is 11.0. The van der Waals surface area contributed by atoms with E-state index in [1.54, 1.807) is 6.20 Å². The molecule has 4 atom stereocenters. The summed E-state index contributed by atoms with van der Waals surface area (Å²) >= 11 is 0. The molecular weight excluding hydrogens is 922 g/mol. The molecule has 1 aromatic heterocycles. The Morgan fingerprint density at radius 1 is 0.648 bits per heavy atom. The zero-order chi connectivity index (χ0) is 51.8. The molecule has 0 fully saturated rings. The number of H-pyrrole nitrogens is 1. The number of unbranched alkanes of at least 4 members (excludes halogenated alkanes) is 20. The van der Waals surface area contributed by atoms with Crippen LogP contribution in [0.25, 0.3) is 10.9 Å². The number of ether oxygens (including phenoxy) is 1. The fraction of sp³-hybridized carbons (Fsp3) is 0.727. The smallest absolute Gasteiger partial charge is 0.466 e. The summed E-state index contributed by atoms with van der Waals surface area (Å²) in [6.07, 6.45) is 30.5. The van der Waals surface area contributed by atoms with Crippen molar-refractivity contribution in [2.24, 2.45) is 5.92 Å². The number of aromatic amines is 1. The molecule has 16 heteroatoms. The number of rotatable bonds is 46. The molecule has 1 heterocycles. The fourth-order valence-electron chi connectivity index (χ4n) is 8.24. The fourth-order valence-corrected chi connectivity index (χ4v) is 9.40. The minimum absolute atomic E-state index is 0.0856. The molecule has 404 valence electrons. The van der Waals surface area contributed by atoms with Crippen LogP contribution in [0.5, 0.6) is 0 Å². The number of carbonyl (C=O) groups excluding carboxylic acids is 5. The summed E-state index contributed by atoms with van der Waals surface area (Å²) in [6, 6.07) is 5.60. The number of esters is 1. The van der Waals surface area contributed by atoms with Gasteiger partial charge in [0.15, 0.2) is 0 Å². The van der Waals surface area contributed by atoms with Crippen LogP contribution in [0.3, 0.4) is 0 Å². The summed E-state index contributed by atoms with van der Waals surface area (Å²) in [7, 11) is -4.36. The van der Waals surface area contributed by atoms with Gasteiger partial charge in [-0.1, -0.05) is 187 Å². The number of carbonyl (C=O) groups is 5. The molecular formula is C55H94N5O10P. The number of nitrogens with one attached hydrogen (secondary N) is 5. The van der Waals surface area contributed by atoms with Crippen LogP contribution in [-0.2, 0) is 53.3 Å². The van der Waals surface area contributed by atoms with E-state index in [0.717, 1.165) is 55.0 Å². The molecule has 2 rings (SSSR count). The molecule has 0 saturated heterocycles. The minimum Gasteiger partial charge on any atom is -0.466 e. The average Bonchev–Trinajstić information content (AvgIpc) is 3.77. The van der Waals surface area contributed by atoms with E-state index >= 15 is 0 Å². The highest BCUT2D eigenvalue weighted by molar-refractivity contribution is 7.48. The van der Waals surface area contributed by atoms with E-state index in [0.29, 0.717) is 25.7 Å². The zero-order valence-electron chi connectivity index (χ0n) is 44.3. The largest absolute Gasteiger partial charge is 0.475 e. The molecule has 5 N–H and O–H groups in total. The molecule has 0 spiro atoms. The molecule has 2 aromatic rings. The van der Waals surface area contributed by atoms with Crippen LogP contribution in [0.2, 0.25) is 0 Å². The lowest BCUT2D eigenvalue weighted by atomic mass is 9.98. The minimum atomic E-state index is -4.36. The van der Waals surface area contributed by atoms with Crippen LogP contribution in [0.4, 0.5) is 0 Å². The maximum atomic E-state index is 13.9. The van der Waals surface area contributed by atoms with Crippen LogP contribution < -0.4 is 21.3 Å². The van der Waals surface area contributed by atoms with Crippen LogP contribution in [0, 0.1) is 5.92 Å². The van der Waals surface area contributed by atoms with Gasteiger partial charge in [-0.05, 0) is 36.8 Å². The van der Waals surface area contributed by atoms with E-state index in [-0.39, 0.29) is 69.5 Å². The SMILES string of the molecule is C=CCOP(=O)(OCCNC(=O)[C@@H](NC(=O)Cc1c[nH]c2ccccc12)[C@@H](C)CC)OCC(NC(=O)CCCCCCCCCCC)C(=O)NCCCOC(=O)CCCCCCCCCCCCCCC. The van der Waals surface area contributed by atoms with E-state index in [1.807, 2.05) is 38.1 Å². The Labute approximate surface area is 427 Å². The number of fused-ring (bicyclic) bond motifs is 1. The zero-order valence-corrected chi connectivity index (χ0v) is 45.2. The summed E-state index contributed by atoms with van der Waals surface area (Å²) in [4.78, 5) is 68.7. The van der Waals surface area contributed by atoms with Gasteiger partial charge in [0, 0.05) is 43.0 Å².